The summed E-state index contributed by atoms with van der Waals surface area (Å²) in [4.78, 5) is 16.9. The molecule has 1 aromatic heterocycles. The fraction of sp³-hybridized carbons (Fsp3) is 0.312. The Labute approximate surface area is 138 Å². The van der Waals surface area contributed by atoms with Gasteiger partial charge in [0.1, 0.15) is 4.88 Å². The molecule has 0 saturated carbocycles. The summed E-state index contributed by atoms with van der Waals surface area (Å²) in [6, 6.07) is 11.9. The third kappa shape index (κ3) is 3.43. The maximum Gasteiger partial charge on any atom is 0.345 e. The predicted octanol–water partition coefficient (Wildman–Crippen LogP) is 3.42. The van der Waals surface area contributed by atoms with Gasteiger partial charge in [-0.25, -0.2) is 4.79 Å². The number of hydrogen-bond donors (Lipinski definition) is 1. The first-order valence-corrected chi connectivity index (χ1v) is 8.37. The van der Waals surface area contributed by atoms with Gasteiger partial charge >= 0.3 is 5.97 Å². The Morgan fingerprint density at radius 3 is 2.45 bits per heavy atom. The first-order valence-electron chi connectivity index (χ1n) is 7.17. The van der Waals surface area contributed by atoms with E-state index in [1.165, 1.54) is 17.0 Å². The number of halogens is 1. The Bertz CT molecular complexity index is 651. The van der Waals surface area contributed by atoms with Crippen molar-refractivity contribution >= 4 is 34.6 Å². The van der Waals surface area contributed by atoms with Crippen LogP contribution in [0.5, 0.6) is 0 Å². The monoisotopic (exact) mass is 336 g/mol. The largest absolute Gasteiger partial charge is 0.477 e. The van der Waals surface area contributed by atoms with Gasteiger partial charge in [-0.2, -0.15) is 0 Å². The lowest BCUT2D eigenvalue weighted by Gasteiger charge is -2.36. The number of rotatable bonds is 4. The molecule has 116 valence electrons. The lowest BCUT2D eigenvalue weighted by molar-refractivity contribution is 0.0702. The minimum absolute atomic E-state index is 0.308. The third-order valence-electron chi connectivity index (χ3n) is 3.83. The van der Waals surface area contributed by atoms with Crippen molar-refractivity contribution in [1.82, 2.24) is 4.90 Å². The van der Waals surface area contributed by atoms with Gasteiger partial charge in [-0.15, -0.1) is 11.3 Å². The number of aromatic carboxylic acids is 1. The van der Waals surface area contributed by atoms with Crippen LogP contribution < -0.4 is 4.90 Å². The van der Waals surface area contributed by atoms with Crippen LogP contribution in [-0.2, 0) is 6.54 Å². The van der Waals surface area contributed by atoms with Gasteiger partial charge in [0, 0.05) is 43.3 Å². The van der Waals surface area contributed by atoms with Gasteiger partial charge in [-0.1, -0.05) is 29.8 Å². The summed E-state index contributed by atoms with van der Waals surface area (Å²) >= 11 is 7.41. The number of thiophene rings is 1. The molecule has 6 heteroatoms. The van der Waals surface area contributed by atoms with E-state index in [9.17, 15) is 4.79 Å². The van der Waals surface area contributed by atoms with E-state index in [1.54, 1.807) is 6.07 Å². The predicted molar refractivity (Wildman–Crippen MR) is 90.2 cm³/mol. The SMILES string of the molecule is O=C(O)c1cc(Cl)c(CN2CCN(c3ccccc3)CC2)s1. The van der Waals surface area contributed by atoms with Crippen LogP contribution in [0.3, 0.4) is 0 Å². The Morgan fingerprint density at radius 2 is 1.86 bits per heavy atom. The number of benzene rings is 1. The van der Waals surface area contributed by atoms with Gasteiger partial charge in [0.05, 0.1) is 5.02 Å². The maximum absolute atomic E-state index is 11.0. The van der Waals surface area contributed by atoms with Gasteiger partial charge in [-0.3, -0.25) is 4.90 Å². The molecule has 1 aliphatic rings. The molecule has 0 aliphatic carbocycles. The molecule has 2 aromatic rings. The van der Waals surface area contributed by atoms with E-state index >= 15 is 0 Å². The van der Waals surface area contributed by atoms with Crippen molar-refractivity contribution < 1.29 is 9.90 Å². The van der Waals surface area contributed by atoms with Crippen molar-refractivity contribution in [1.29, 1.82) is 0 Å². The molecule has 0 atom stereocenters. The van der Waals surface area contributed by atoms with Gasteiger partial charge in [0.25, 0.3) is 0 Å². The molecule has 0 spiro atoms. The fourth-order valence-electron chi connectivity index (χ4n) is 2.63. The van der Waals surface area contributed by atoms with Crippen LogP contribution in [0.1, 0.15) is 14.5 Å². The normalized spacial score (nSPS) is 16.0. The zero-order chi connectivity index (χ0) is 15.5. The highest BCUT2D eigenvalue weighted by Gasteiger charge is 2.20. The Kier molecular flexibility index (Phi) is 4.66. The summed E-state index contributed by atoms with van der Waals surface area (Å²) in [6.07, 6.45) is 0. The molecule has 0 unspecified atom stereocenters. The first kappa shape index (κ1) is 15.3. The number of para-hydroxylation sites is 1. The fourth-order valence-corrected chi connectivity index (χ4v) is 3.91. The lowest BCUT2D eigenvalue weighted by atomic mass is 10.2. The maximum atomic E-state index is 11.0. The van der Waals surface area contributed by atoms with Gasteiger partial charge in [0.2, 0.25) is 0 Å². The van der Waals surface area contributed by atoms with E-state index in [-0.39, 0.29) is 0 Å². The number of carboxylic acid groups (broad SMARTS) is 1. The average Bonchev–Trinajstić information content (AvgIpc) is 2.90. The highest BCUT2D eigenvalue weighted by molar-refractivity contribution is 7.14. The summed E-state index contributed by atoms with van der Waals surface area (Å²) in [5.41, 5.74) is 1.25. The topological polar surface area (TPSA) is 43.8 Å². The van der Waals surface area contributed by atoms with Crippen molar-refractivity contribution in [3.05, 3.63) is 51.2 Å². The van der Waals surface area contributed by atoms with Crippen LogP contribution in [0, 0.1) is 0 Å². The minimum atomic E-state index is -0.910. The molecule has 1 aromatic carbocycles. The Hall–Kier alpha value is -1.56. The molecular formula is C16H17ClN2O2S. The van der Waals surface area contributed by atoms with Crippen LogP contribution in [0.2, 0.25) is 5.02 Å². The van der Waals surface area contributed by atoms with Crippen molar-refractivity contribution in [2.24, 2.45) is 0 Å². The molecule has 4 nitrogen and oxygen atoms in total. The molecular weight excluding hydrogens is 320 g/mol. The van der Waals surface area contributed by atoms with Crippen LogP contribution >= 0.6 is 22.9 Å². The minimum Gasteiger partial charge on any atom is -0.477 e. The third-order valence-corrected chi connectivity index (χ3v) is 5.39. The van der Waals surface area contributed by atoms with E-state index < -0.39 is 5.97 Å². The zero-order valence-electron chi connectivity index (χ0n) is 12.0. The lowest BCUT2D eigenvalue weighted by Crippen LogP contribution is -2.45. The summed E-state index contributed by atoms with van der Waals surface area (Å²) in [5, 5.41) is 9.58. The van der Waals surface area contributed by atoms with Gasteiger partial charge in [-0.05, 0) is 18.2 Å². The van der Waals surface area contributed by atoms with E-state index in [0.29, 0.717) is 9.90 Å². The molecule has 1 aliphatic heterocycles. The standard InChI is InChI=1S/C16H17ClN2O2S/c17-13-10-14(16(20)21)22-15(13)11-18-6-8-19(9-7-18)12-4-2-1-3-5-12/h1-5,10H,6-9,11H2,(H,20,21). The van der Waals surface area contributed by atoms with Crippen LogP contribution in [0.25, 0.3) is 0 Å². The van der Waals surface area contributed by atoms with Crippen LogP contribution in [0.4, 0.5) is 5.69 Å². The molecule has 2 heterocycles. The van der Waals surface area contributed by atoms with Crippen LogP contribution in [0.15, 0.2) is 36.4 Å². The summed E-state index contributed by atoms with van der Waals surface area (Å²) < 4.78 is 0. The molecule has 0 bridgehead atoms. The number of carbonyl (C=O) groups is 1. The van der Waals surface area contributed by atoms with Gasteiger partial charge < -0.3 is 10.0 Å². The van der Waals surface area contributed by atoms with Crippen molar-refractivity contribution in [2.45, 2.75) is 6.54 Å². The van der Waals surface area contributed by atoms with Crippen LogP contribution in [-0.4, -0.2) is 42.2 Å². The highest BCUT2D eigenvalue weighted by atomic mass is 35.5. The molecule has 0 amide bonds. The second kappa shape index (κ2) is 6.69. The zero-order valence-corrected chi connectivity index (χ0v) is 13.6. The Balaban J connectivity index is 1.59. The summed E-state index contributed by atoms with van der Waals surface area (Å²) in [7, 11) is 0. The number of hydrogen-bond acceptors (Lipinski definition) is 4. The first-order chi connectivity index (χ1) is 10.6. The van der Waals surface area contributed by atoms with E-state index in [4.69, 9.17) is 16.7 Å². The number of nitrogens with zero attached hydrogens (tertiary/aromatic N) is 2. The average molecular weight is 337 g/mol. The smallest absolute Gasteiger partial charge is 0.345 e. The molecule has 3 rings (SSSR count). The van der Waals surface area contributed by atoms with Crippen molar-refractivity contribution in [3.8, 4) is 0 Å². The van der Waals surface area contributed by atoms with E-state index in [2.05, 4.69) is 34.1 Å². The second-order valence-corrected chi connectivity index (χ2v) is 6.83. The molecule has 22 heavy (non-hydrogen) atoms. The molecule has 1 N–H and O–H groups in total. The summed E-state index contributed by atoms with van der Waals surface area (Å²) in [6.45, 7) is 4.56. The second-order valence-electron chi connectivity index (χ2n) is 5.29. The molecule has 0 radical (unpaired) electrons. The van der Waals surface area contributed by atoms with E-state index in [1.807, 2.05) is 6.07 Å². The number of anilines is 1. The van der Waals surface area contributed by atoms with Crippen molar-refractivity contribution in [3.63, 3.8) is 0 Å². The number of piperazine rings is 1. The Morgan fingerprint density at radius 1 is 1.18 bits per heavy atom. The summed E-state index contributed by atoms with van der Waals surface area (Å²) in [5.74, 6) is -0.910. The highest BCUT2D eigenvalue weighted by Crippen LogP contribution is 2.29. The van der Waals surface area contributed by atoms with Gasteiger partial charge in [0.15, 0.2) is 0 Å². The molecule has 1 saturated heterocycles. The molecule has 1 fully saturated rings. The quantitative estimate of drug-likeness (QED) is 0.929. The van der Waals surface area contributed by atoms with Crippen molar-refractivity contribution in [2.75, 3.05) is 31.1 Å². The van der Waals surface area contributed by atoms with E-state index in [0.717, 1.165) is 37.6 Å². The number of carboxylic acids is 1.